The first-order valence-corrected chi connectivity index (χ1v) is 7.43. The van der Waals surface area contributed by atoms with E-state index in [1.54, 1.807) is 0 Å². The van der Waals surface area contributed by atoms with Crippen LogP contribution in [0.3, 0.4) is 0 Å². The number of halogens is 1. The van der Waals surface area contributed by atoms with Gasteiger partial charge in [0, 0.05) is 23.7 Å². The van der Waals surface area contributed by atoms with Crippen LogP contribution >= 0.6 is 11.6 Å². The monoisotopic (exact) mass is 302 g/mol. The Balaban J connectivity index is 2.08. The molecule has 1 aromatic carbocycles. The van der Waals surface area contributed by atoms with Gasteiger partial charge in [-0.15, -0.1) is 0 Å². The molecule has 0 aliphatic heterocycles. The van der Waals surface area contributed by atoms with Crippen LogP contribution in [0.5, 0.6) is 0 Å². The van der Waals surface area contributed by atoms with E-state index in [-0.39, 0.29) is 0 Å². The molecular formula is C16H19ClN4. The summed E-state index contributed by atoms with van der Waals surface area (Å²) in [5, 5.41) is 6.38. The highest BCUT2D eigenvalue weighted by Gasteiger charge is 2.11. The molecule has 3 aromatic rings. The fraction of sp³-hybridized carbons (Fsp3) is 0.312. The van der Waals surface area contributed by atoms with Crippen LogP contribution in [0, 0.1) is 6.92 Å². The molecule has 0 unspecified atom stereocenters. The molecule has 0 fully saturated rings. The molecule has 0 amide bonds. The number of nitrogens with two attached hydrogens (primary N) is 1. The third kappa shape index (κ3) is 2.69. The third-order valence-electron chi connectivity index (χ3n) is 3.77. The molecule has 4 nitrogen and oxygen atoms in total. The summed E-state index contributed by atoms with van der Waals surface area (Å²) in [4.78, 5) is 0. The molecule has 5 heteroatoms. The molecule has 0 bridgehead atoms. The lowest BCUT2D eigenvalue weighted by Crippen LogP contribution is -2.05. The van der Waals surface area contributed by atoms with Crippen molar-refractivity contribution in [3.63, 3.8) is 0 Å². The Labute approximate surface area is 129 Å². The lowest BCUT2D eigenvalue weighted by atomic mass is 10.1. The smallest absolute Gasteiger partial charge is 0.0645 e. The maximum atomic E-state index is 6.16. The van der Waals surface area contributed by atoms with Gasteiger partial charge >= 0.3 is 0 Å². The van der Waals surface area contributed by atoms with Gasteiger partial charge in [0.15, 0.2) is 0 Å². The molecule has 0 saturated carbocycles. The number of fused-ring (bicyclic) bond motifs is 1. The van der Waals surface area contributed by atoms with Gasteiger partial charge in [-0.05, 0) is 43.7 Å². The first-order valence-electron chi connectivity index (χ1n) is 7.05. The van der Waals surface area contributed by atoms with E-state index >= 15 is 0 Å². The van der Waals surface area contributed by atoms with Gasteiger partial charge in [0.05, 0.1) is 23.4 Å². The van der Waals surface area contributed by atoms with Crippen molar-refractivity contribution in [1.82, 2.24) is 14.3 Å². The SMILES string of the molecule is Cc1cc(Cn2cc(CCN)c3ccc(Cl)cc32)n(C)n1. The van der Waals surface area contributed by atoms with Crippen LogP contribution in [0.1, 0.15) is 17.0 Å². The van der Waals surface area contributed by atoms with Gasteiger partial charge in [0.2, 0.25) is 0 Å². The van der Waals surface area contributed by atoms with E-state index in [1.165, 1.54) is 16.6 Å². The molecule has 3 rings (SSSR count). The Bertz CT molecular complexity index is 785. The predicted molar refractivity (Wildman–Crippen MR) is 86.8 cm³/mol. The minimum absolute atomic E-state index is 0.645. The van der Waals surface area contributed by atoms with Crippen molar-refractivity contribution in [2.24, 2.45) is 12.8 Å². The van der Waals surface area contributed by atoms with Crippen LogP contribution in [0.15, 0.2) is 30.5 Å². The summed E-state index contributed by atoms with van der Waals surface area (Å²) in [5.74, 6) is 0. The second-order valence-electron chi connectivity index (χ2n) is 5.38. The molecule has 0 aliphatic rings. The summed E-state index contributed by atoms with van der Waals surface area (Å²) < 4.78 is 4.15. The first-order chi connectivity index (χ1) is 10.1. The Morgan fingerprint density at radius 2 is 2.10 bits per heavy atom. The number of benzene rings is 1. The highest BCUT2D eigenvalue weighted by molar-refractivity contribution is 6.31. The van der Waals surface area contributed by atoms with E-state index in [0.717, 1.165) is 29.2 Å². The quantitative estimate of drug-likeness (QED) is 0.805. The number of rotatable bonds is 4. The van der Waals surface area contributed by atoms with Gasteiger partial charge in [-0.1, -0.05) is 17.7 Å². The predicted octanol–water partition coefficient (Wildman–Crippen LogP) is 2.89. The summed E-state index contributed by atoms with van der Waals surface area (Å²) in [5.41, 5.74) is 10.3. The summed E-state index contributed by atoms with van der Waals surface area (Å²) in [6.07, 6.45) is 3.05. The number of hydrogen-bond donors (Lipinski definition) is 1. The molecule has 2 N–H and O–H groups in total. The van der Waals surface area contributed by atoms with Gasteiger partial charge in [0.25, 0.3) is 0 Å². The van der Waals surface area contributed by atoms with E-state index in [9.17, 15) is 0 Å². The molecule has 2 aromatic heterocycles. The summed E-state index contributed by atoms with van der Waals surface area (Å²) in [6, 6.07) is 8.13. The fourth-order valence-electron chi connectivity index (χ4n) is 2.81. The zero-order valence-electron chi connectivity index (χ0n) is 12.3. The number of aryl methyl sites for hydroxylation is 2. The number of nitrogens with zero attached hydrogens (tertiary/aromatic N) is 3. The van der Waals surface area contributed by atoms with Crippen molar-refractivity contribution < 1.29 is 0 Å². The van der Waals surface area contributed by atoms with Crippen molar-refractivity contribution in [3.05, 3.63) is 52.4 Å². The van der Waals surface area contributed by atoms with Crippen molar-refractivity contribution in [1.29, 1.82) is 0 Å². The molecule has 0 spiro atoms. The molecule has 0 atom stereocenters. The van der Waals surface area contributed by atoms with Crippen LogP contribution in [-0.2, 0) is 20.0 Å². The third-order valence-corrected chi connectivity index (χ3v) is 4.01. The standard InChI is InChI=1S/C16H19ClN4/c1-11-7-14(20(2)19-11)10-21-9-12(5-6-18)15-4-3-13(17)8-16(15)21/h3-4,7-9H,5-6,10,18H2,1-2H3. The van der Waals surface area contributed by atoms with Crippen LogP contribution in [-0.4, -0.2) is 20.9 Å². The van der Waals surface area contributed by atoms with Crippen LogP contribution in [0.2, 0.25) is 5.02 Å². The lowest BCUT2D eigenvalue weighted by Gasteiger charge is -2.06. The Kier molecular flexibility index (Phi) is 3.74. The Morgan fingerprint density at radius 3 is 2.76 bits per heavy atom. The van der Waals surface area contributed by atoms with Crippen molar-refractivity contribution in [3.8, 4) is 0 Å². The summed E-state index contributed by atoms with van der Waals surface area (Å²) >= 11 is 6.16. The van der Waals surface area contributed by atoms with E-state index in [1.807, 2.05) is 30.8 Å². The summed E-state index contributed by atoms with van der Waals surface area (Å²) in [7, 11) is 1.97. The normalized spacial score (nSPS) is 11.4. The van der Waals surface area contributed by atoms with Crippen molar-refractivity contribution in [2.75, 3.05) is 6.54 Å². The largest absolute Gasteiger partial charge is 0.341 e. The molecule has 21 heavy (non-hydrogen) atoms. The second kappa shape index (κ2) is 5.54. The van der Waals surface area contributed by atoms with E-state index in [2.05, 4.69) is 28.0 Å². The molecule has 0 radical (unpaired) electrons. The van der Waals surface area contributed by atoms with Crippen LogP contribution in [0.4, 0.5) is 0 Å². The topological polar surface area (TPSA) is 48.8 Å². The first kappa shape index (κ1) is 14.2. The number of aromatic nitrogens is 3. The maximum Gasteiger partial charge on any atom is 0.0645 e. The molecule has 110 valence electrons. The zero-order chi connectivity index (χ0) is 15.0. The van der Waals surface area contributed by atoms with Gasteiger partial charge < -0.3 is 10.3 Å². The van der Waals surface area contributed by atoms with Crippen LogP contribution in [0.25, 0.3) is 10.9 Å². The Morgan fingerprint density at radius 1 is 1.29 bits per heavy atom. The average Bonchev–Trinajstić information content (AvgIpc) is 2.92. The van der Waals surface area contributed by atoms with Gasteiger partial charge in [-0.2, -0.15) is 5.10 Å². The van der Waals surface area contributed by atoms with Crippen molar-refractivity contribution >= 4 is 22.5 Å². The molecule has 2 heterocycles. The van der Waals surface area contributed by atoms with E-state index in [4.69, 9.17) is 17.3 Å². The minimum atomic E-state index is 0.645. The second-order valence-corrected chi connectivity index (χ2v) is 5.82. The molecule has 0 saturated heterocycles. The van der Waals surface area contributed by atoms with Gasteiger partial charge in [0.1, 0.15) is 0 Å². The highest BCUT2D eigenvalue weighted by Crippen LogP contribution is 2.26. The van der Waals surface area contributed by atoms with Crippen molar-refractivity contribution in [2.45, 2.75) is 19.9 Å². The molecular weight excluding hydrogens is 284 g/mol. The minimum Gasteiger partial charge on any atom is -0.341 e. The fourth-order valence-corrected chi connectivity index (χ4v) is 2.98. The number of hydrogen-bond acceptors (Lipinski definition) is 2. The Hall–Kier alpha value is -1.78. The zero-order valence-corrected chi connectivity index (χ0v) is 13.1. The highest BCUT2D eigenvalue weighted by atomic mass is 35.5. The van der Waals surface area contributed by atoms with Crippen LogP contribution < -0.4 is 5.73 Å². The maximum absolute atomic E-state index is 6.16. The van der Waals surface area contributed by atoms with Gasteiger partial charge in [-0.25, -0.2) is 0 Å². The van der Waals surface area contributed by atoms with Gasteiger partial charge in [-0.3, -0.25) is 4.68 Å². The van der Waals surface area contributed by atoms with E-state index < -0.39 is 0 Å². The van der Waals surface area contributed by atoms with E-state index in [0.29, 0.717) is 6.54 Å². The molecule has 0 aliphatic carbocycles. The lowest BCUT2D eigenvalue weighted by molar-refractivity contribution is 0.672. The summed E-state index contributed by atoms with van der Waals surface area (Å²) in [6.45, 7) is 3.43. The average molecular weight is 303 g/mol.